The van der Waals surface area contributed by atoms with Crippen LogP contribution in [0.3, 0.4) is 0 Å². The molecule has 9 nitrogen and oxygen atoms in total. The van der Waals surface area contributed by atoms with Gasteiger partial charge < -0.3 is 29.7 Å². The van der Waals surface area contributed by atoms with Crippen LogP contribution in [0.25, 0.3) is 21.3 Å². The summed E-state index contributed by atoms with van der Waals surface area (Å²) < 4.78 is 17.1. The van der Waals surface area contributed by atoms with Crippen LogP contribution < -0.4 is 20.3 Å². The summed E-state index contributed by atoms with van der Waals surface area (Å²) in [5, 5.41) is 3.18. The van der Waals surface area contributed by atoms with Crippen LogP contribution in [-0.4, -0.2) is 74.1 Å². The van der Waals surface area contributed by atoms with E-state index < -0.39 is 12.0 Å². The number of methoxy groups -OCH3 is 1. The summed E-state index contributed by atoms with van der Waals surface area (Å²) in [6.07, 6.45) is 1.51. The summed E-state index contributed by atoms with van der Waals surface area (Å²) in [7, 11) is 1.69. The number of para-hydroxylation sites is 1. The Morgan fingerprint density at radius 1 is 1.18 bits per heavy atom. The summed E-state index contributed by atoms with van der Waals surface area (Å²) in [5.74, 6) is 1.89. The number of benzene rings is 1. The van der Waals surface area contributed by atoms with Crippen LogP contribution in [0.2, 0.25) is 0 Å². The van der Waals surface area contributed by atoms with E-state index in [0.717, 1.165) is 45.8 Å². The molecule has 2 N–H and O–H groups in total. The third-order valence-electron chi connectivity index (χ3n) is 6.95. The van der Waals surface area contributed by atoms with Gasteiger partial charge in [0, 0.05) is 23.1 Å². The van der Waals surface area contributed by atoms with Crippen LogP contribution >= 0.6 is 11.3 Å². The summed E-state index contributed by atoms with van der Waals surface area (Å²) in [6.45, 7) is 2.76. The Bertz CT molecular complexity index is 1220. The van der Waals surface area contributed by atoms with Gasteiger partial charge in [-0.05, 0) is 18.9 Å². The highest BCUT2D eigenvalue weighted by Gasteiger charge is 2.40. The number of rotatable bonds is 5. The summed E-state index contributed by atoms with van der Waals surface area (Å²) in [5.41, 5.74) is 7.62. The van der Waals surface area contributed by atoms with Crippen molar-refractivity contribution >= 4 is 39.2 Å². The third-order valence-corrected chi connectivity index (χ3v) is 7.82. The highest BCUT2D eigenvalue weighted by molar-refractivity contribution is 7.17. The van der Waals surface area contributed by atoms with E-state index in [9.17, 15) is 4.79 Å². The van der Waals surface area contributed by atoms with Crippen LogP contribution in [0, 0.1) is 0 Å². The number of thiophene rings is 1. The Morgan fingerprint density at radius 2 is 1.97 bits per heavy atom. The number of hydrogen-bond donors (Lipinski definition) is 1. The fourth-order valence-electron chi connectivity index (χ4n) is 5.28. The van der Waals surface area contributed by atoms with Crippen LogP contribution in [0.4, 0.5) is 11.8 Å². The van der Waals surface area contributed by atoms with Gasteiger partial charge in [0.15, 0.2) is 6.10 Å². The molecule has 3 fully saturated rings. The number of carbonyl (C=O) groups is 1. The van der Waals surface area contributed by atoms with Crippen LogP contribution in [0.15, 0.2) is 29.6 Å². The first-order valence-electron chi connectivity index (χ1n) is 11.6. The molecule has 3 unspecified atom stereocenters. The van der Waals surface area contributed by atoms with Crippen molar-refractivity contribution in [3.8, 4) is 16.9 Å². The lowest BCUT2D eigenvalue weighted by Gasteiger charge is -2.37. The molecule has 2 aromatic heterocycles. The molecular weight excluding hydrogens is 454 g/mol. The smallest absolute Gasteiger partial charge is 0.248 e. The monoisotopic (exact) mass is 481 g/mol. The molecule has 10 heteroatoms. The minimum Gasteiger partial charge on any atom is -0.496 e. The van der Waals surface area contributed by atoms with Crippen molar-refractivity contribution in [3.63, 3.8) is 0 Å². The van der Waals surface area contributed by atoms with Gasteiger partial charge in [-0.25, -0.2) is 4.98 Å². The van der Waals surface area contributed by atoms with E-state index in [-0.39, 0.29) is 12.1 Å². The number of primary amides is 1. The Kier molecular flexibility index (Phi) is 5.51. The van der Waals surface area contributed by atoms with Crippen LogP contribution in [0.1, 0.15) is 12.8 Å². The minimum atomic E-state index is -0.663. The fraction of sp³-hybridized carbons (Fsp3) is 0.458. The number of carbonyl (C=O) groups excluding carboxylic acids is 1. The Balaban J connectivity index is 1.52. The van der Waals surface area contributed by atoms with Crippen molar-refractivity contribution in [2.24, 2.45) is 5.73 Å². The maximum atomic E-state index is 11.8. The first kappa shape index (κ1) is 21.6. The molecule has 5 heterocycles. The van der Waals surface area contributed by atoms with Crippen molar-refractivity contribution in [1.29, 1.82) is 0 Å². The summed E-state index contributed by atoms with van der Waals surface area (Å²) in [6, 6.07) is 8.63. The standard InChI is InChI=1S/C24H27N5O4S/c1-31-18-5-3-2-4-16(18)17-13-34-23-20(17)22(29-14-6-7-15(29)12-32-11-14)26-24(27-23)28-8-9-33-19(10-28)21(25)30/h2-5,13-15,19H,6-12H2,1H3,(H2,25,30). The average Bonchev–Trinajstić information content (AvgIpc) is 3.40. The lowest BCUT2D eigenvalue weighted by molar-refractivity contribution is -0.130. The molecular formula is C24H27N5O4S. The van der Waals surface area contributed by atoms with E-state index in [2.05, 4.69) is 16.3 Å². The number of fused-ring (bicyclic) bond motifs is 3. The largest absolute Gasteiger partial charge is 0.496 e. The number of ether oxygens (including phenoxy) is 3. The molecule has 3 aromatic rings. The molecule has 1 aromatic carbocycles. The second kappa shape index (κ2) is 8.68. The second-order valence-electron chi connectivity index (χ2n) is 8.91. The molecule has 178 valence electrons. The fourth-order valence-corrected chi connectivity index (χ4v) is 6.21. The van der Waals surface area contributed by atoms with Crippen molar-refractivity contribution < 1.29 is 19.0 Å². The van der Waals surface area contributed by atoms with E-state index in [0.29, 0.717) is 38.9 Å². The number of nitrogens with zero attached hydrogens (tertiary/aromatic N) is 4. The predicted molar refractivity (Wildman–Crippen MR) is 131 cm³/mol. The van der Waals surface area contributed by atoms with Crippen molar-refractivity contribution in [1.82, 2.24) is 9.97 Å². The minimum absolute atomic E-state index is 0.290. The lowest BCUT2D eigenvalue weighted by Crippen LogP contribution is -2.49. The topological polar surface area (TPSA) is 103 Å². The van der Waals surface area contributed by atoms with Crippen molar-refractivity contribution in [2.75, 3.05) is 49.8 Å². The van der Waals surface area contributed by atoms with Gasteiger partial charge in [-0.3, -0.25) is 4.79 Å². The molecule has 1 amide bonds. The van der Waals surface area contributed by atoms with E-state index >= 15 is 0 Å². The molecule has 0 aliphatic carbocycles. The van der Waals surface area contributed by atoms with E-state index in [4.69, 9.17) is 29.9 Å². The highest BCUT2D eigenvalue weighted by atomic mass is 32.1. The second-order valence-corrected chi connectivity index (χ2v) is 9.77. The van der Waals surface area contributed by atoms with Gasteiger partial charge >= 0.3 is 0 Å². The highest BCUT2D eigenvalue weighted by Crippen LogP contribution is 2.45. The molecule has 3 aliphatic heterocycles. The van der Waals surface area contributed by atoms with Crippen molar-refractivity contribution in [2.45, 2.75) is 31.0 Å². The van der Waals surface area contributed by atoms with Gasteiger partial charge in [0.2, 0.25) is 11.9 Å². The number of hydrogen-bond acceptors (Lipinski definition) is 9. The number of morpholine rings is 2. The van der Waals surface area contributed by atoms with Gasteiger partial charge in [0.1, 0.15) is 16.4 Å². The van der Waals surface area contributed by atoms with Gasteiger partial charge in [-0.2, -0.15) is 4.98 Å². The number of nitrogens with two attached hydrogens (primary N) is 1. The molecule has 3 aliphatic rings. The molecule has 3 saturated heterocycles. The first-order valence-corrected chi connectivity index (χ1v) is 12.5. The third kappa shape index (κ3) is 3.57. The van der Waals surface area contributed by atoms with Gasteiger partial charge in [0.25, 0.3) is 0 Å². The maximum absolute atomic E-state index is 11.8. The Morgan fingerprint density at radius 3 is 2.74 bits per heavy atom. The number of amides is 1. The SMILES string of the molecule is COc1ccccc1-c1csc2nc(N3CCOC(C(N)=O)C3)nc(N3C4CCC3COC4)c12. The lowest BCUT2D eigenvalue weighted by atomic mass is 10.0. The van der Waals surface area contributed by atoms with Gasteiger partial charge in [-0.1, -0.05) is 18.2 Å². The molecule has 2 bridgehead atoms. The van der Waals surface area contributed by atoms with Crippen LogP contribution in [-0.2, 0) is 14.3 Å². The van der Waals surface area contributed by atoms with Crippen LogP contribution in [0.5, 0.6) is 5.75 Å². The van der Waals surface area contributed by atoms with E-state index in [1.807, 2.05) is 23.1 Å². The van der Waals surface area contributed by atoms with E-state index in [1.54, 1.807) is 18.4 Å². The molecule has 3 atom stereocenters. The molecule has 6 rings (SSSR count). The predicted octanol–water partition coefficient (Wildman–Crippen LogP) is 2.42. The molecule has 0 spiro atoms. The summed E-state index contributed by atoms with van der Waals surface area (Å²) >= 11 is 1.60. The molecule has 0 saturated carbocycles. The Labute approximate surface area is 201 Å². The van der Waals surface area contributed by atoms with Gasteiger partial charge in [0.05, 0.1) is 50.9 Å². The quantitative estimate of drug-likeness (QED) is 0.593. The van der Waals surface area contributed by atoms with Crippen molar-refractivity contribution in [3.05, 3.63) is 29.6 Å². The normalized spacial score (nSPS) is 24.6. The zero-order chi connectivity index (χ0) is 23.2. The Hall–Kier alpha value is -2.95. The number of aromatic nitrogens is 2. The van der Waals surface area contributed by atoms with Gasteiger partial charge in [-0.15, -0.1) is 11.3 Å². The zero-order valence-electron chi connectivity index (χ0n) is 19.0. The average molecular weight is 482 g/mol. The molecule has 0 radical (unpaired) electrons. The summed E-state index contributed by atoms with van der Waals surface area (Å²) in [4.78, 5) is 27.2. The zero-order valence-corrected chi connectivity index (χ0v) is 19.8. The molecule has 34 heavy (non-hydrogen) atoms. The number of anilines is 2. The van der Waals surface area contributed by atoms with E-state index in [1.165, 1.54) is 0 Å². The maximum Gasteiger partial charge on any atom is 0.248 e. The first-order chi connectivity index (χ1) is 16.6.